The number of methoxy groups -OCH3 is 3. The van der Waals surface area contributed by atoms with Crippen molar-refractivity contribution in [2.75, 3.05) is 21.3 Å². The van der Waals surface area contributed by atoms with Crippen LogP contribution in [0.3, 0.4) is 0 Å². The fourth-order valence-corrected chi connectivity index (χ4v) is 1.62. The number of hydrogen-bond donors (Lipinski definition) is 0. The van der Waals surface area contributed by atoms with Crippen molar-refractivity contribution in [3.63, 3.8) is 0 Å². The van der Waals surface area contributed by atoms with Crippen LogP contribution in [-0.4, -0.2) is 27.4 Å². The van der Waals surface area contributed by atoms with Gasteiger partial charge in [-0.05, 0) is 6.42 Å². The Morgan fingerprint density at radius 3 is 2.43 bits per heavy atom. The van der Waals surface area contributed by atoms with Gasteiger partial charge in [-0.1, -0.05) is 6.92 Å². The lowest BCUT2D eigenvalue weighted by Crippen LogP contribution is -2.21. The monoisotopic (exact) mass is 197 g/mol. The smallest absolute Gasteiger partial charge is 0.110 e. The average molecular weight is 197 g/mol. The van der Waals surface area contributed by atoms with Crippen LogP contribution < -0.4 is 0 Å². The maximum atomic E-state index is 5.31. The minimum absolute atomic E-state index is 0.0290. The Bertz CT molecular complexity index is 253. The molecule has 0 radical (unpaired) electrons. The molecule has 1 aliphatic rings. The summed E-state index contributed by atoms with van der Waals surface area (Å²) >= 11 is 0. The minimum Gasteiger partial charge on any atom is -0.550 e. The molecule has 0 spiro atoms. The molecule has 3 heteroatoms. The molecule has 0 heterocycles. The van der Waals surface area contributed by atoms with Crippen molar-refractivity contribution in [2.24, 2.45) is 0 Å². The summed E-state index contributed by atoms with van der Waals surface area (Å²) in [5, 5.41) is 0. The van der Waals surface area contributed by atoms with Crippen LogP contribution in [0.25, 0.3) is 0 Å². The predicted octanol–water partition coefficient (Wildman–Crippen LogP) is 2.06. The number of ether oxygens (including phenoxy) is 3. The van der Waals surface area contributed by atoms with E-state index in [0.29, 0.717) is 0 Å². The molecule has 0 fully saturated rings. The third-order valence-electron chi connectivity index (χ3n) is 2.35. The molecule has 0 aliphatic heterocycles. The molecule has 0 aromatic heterocycles. The zero-order chi connectivity index (χ0) is 10.6. The van der Waals surface area contributed by atoms with Gasteiger partial charge in [0, 0.05) is 7.11 Å². The van der Waals surface area contributed by atoms with Gasteiger partial charge in [-0.3, -0.25) is 0 Å². The molecule has 0 amide bonds. The van der Waals surface area contributed by atoms with E-state index in [0.717, 1.165) is 23.5 Å². The third-order valence-corrected chi connectivity index (χ3v) is 2.35. The van der Waals surface area contributed by atoms with Crippen LogP contribution in [0.4, 0.5) is 0 Å². The van der Waals surface area contributed by atoms with Crippen molar-refractivity contribution in [3.8, 4) is 0 Å². The van der Waals surface area contributed by atoms with Crippen molar-refractivity contribution in [1.82, 2.24) is 0 Å². The van der Waals surface area contributed by atoms with E-state index >= 15 is 0 Å². The molecule has 0 N–H and O–H groups in total. The minimum atomic E-state index is -0.0290. The Kier molecular flexibility index (Phi) is 3.89. The van der Waals surface area contributed by atoms with Crippen molar-refractivity contribution in [3.05, 3.63) is 29.6 Å². The van der Waals surface area contributed by atoms with E-state index in [4.69, 9.17) is 14.2 Å². The van der Waals surface area contributed by atoms with E-state index in [1.165, 1.54) is 0 Å². The van der Waals surface area contributed by atoms with Crippen LogP contribution in [0.2, 0.25) is 0 Å². The molecule has 1 rings (SSSR count). The summed E-state index contributed by atoms with van der Waals surface area (Å²) in [6, 6.07) is 0. The summed E-state index contributed by atoms with van der Waals surface area (Å²) in [7, 11) is 4.95. The first kappa shape index (κ1) is 11.0. The van der Waals surface area contributed by atoms with Crippen molar-refractivity contribution in [2.45, 2.75) is 19.4 Å². The quantitative estimate of drug-likeness (QED) is 0.646. The summed E-state index contributed by atoms with van der Waals surface area (Å²) in [5.74, 6) is 1.54. The Labute approximate surface area is 85.3 Å². The molecule has 0 aromatic carbocycles. The first-order chi connectivity index (χ1) is 6.78. The Morgan fingerprint density at radius 2 is 2.00 bits per heavy atom. The third kappa shape index (κ3) is 1.87. The zero-order valence-corrected chi connectivity index (χ0v) is 9.16. The fourth-order valence-electron chi connectivity index (χ4n) is 1.62. The van der Waals surface area contributed by atoms with Gasteiger partial charge in [0.2, 0.25) is 0 Å². The van der Waals surface area contributed by atoms with Crippen LogP contribution in [0.15, 0.2) is 23.2 Å². The van der Waals surface area contributed by atoms with E-state index in [9.17, 15) is 0 Å². The molecule has 1 aliphatic carbocycles. The zero-order valence-electron chi connectivity index (χ0n) is 9.16. The standard InChI is InChI=1S/C11H17O3/c1-5-8-6-7-9(12-2)11(14-4)10(8)13-3/h5-6,9H,7H2,1-4H3/q-1. The van der Waals surface area contributed by atoms with Crippen LogP contribution in [0, 0.1) is 6.42 Å². The molecule has 3 nitrogen and oxygen atoms in total. The lowest BCUT2D eigenvalue weighted by Gasteiger charge is -2.31. The summed E-state index contributed by atoms with van der Waals surface area (Å²) < 4.78 is 15.9. The molecule has 0 bridgehead atoms. The normalized spacial score (nSPS) is 21.7. The summed E-state index contributed by atoms with van der Waals surface area (Å²) in [5.41, 5.74) is 1.07. The Balaban J connectivity index is 3.00. The van der Waals surface area contributed by atoms with Crippen LogP contribution in [-0.2, 0) is 14.2 Å². The number of hydrogen-bond acceptors (Lipinski definition) is 3. The molecule has 0 aromatic rings. The second-order valence-electron chi connectivity index (χ2n) is 3.01. The van der Waals surface area contributed by atoms with Crippen molar-refractivity contribution >= 4 is 0 Å². The molecule has 0 saturated heterocycles. The van der Waals surface area contributed by atoms with E-state index in [1.807, 2.05) is 13.3 Å². The lowest BCUT2D eigenvalue weighted by atomic mass is 9.99. The van der Waals surface area contributed by atoms with Gasteiger partial charge >= 0.3 is 0 Å². The summed E-state index contributed by atoms with van der Waals surface area (Å²) in [6.07, 6.45) is 4.89. The van der Waals surface area contributed by atoms with E-state index in [2.05, 4.69) is 6.08 Å². The van der Waals surface area contributed by atoms with E-state index in [1.54, 1.807) is 21.3 Å². The first-order valence-corrected chi connectivity index (χ1v) is 4.63. The molecule has 0 saturated carbocycles. The second kappa shape index (κ2) is 4.96. The van der Waals surface area contributed by atoms with E-state index < -0.39 is 0 Å². The Morgan fingerprint density at radius 1 is 1.29 bits per heavy atom. The van der Waals surface area contributed by atoms with Crippen LogP contribution in [0.1, 0.15) is 13.3 Å². The van der Waals surface area contributed by atoms with Gasteiger partial charge in [0.15, 0.2) is 0 Å². The first-order valence-electron chi connectivity index (χ1n) is 4.63. The maximum absolute atomic E-state index is 5.31. The molecule has 1 atom stereocenters. The topological polar surface area (TPSA) is 27.7 Å². The highest BCUT2D eigenvalue weighted by Crippen LogP contribution is 2.29. The lowest BCUT2D eigenvalue weighted by molar-refractivity contribution is 0.0664. The Hall–Kier alpha value is -1.09. The van der Waals surface area contributed by atoms with Gasteiger partial charge in [0.1, 0.15) is 5.76 Å². The van der Waals surface area contributed by atoms with Crippen molar-refractivity contribution < 1.29 is 14.2 Å². The highest BCUT2D eigenvalue weighted by atomic mass is 16.5. The highest BCUT2D eigenvalue weighted by molar-refractivity contribution is 5.38. The number of allylic oxidation sites excluding steroid dienone is 1. The van der Waals surface area contributed by atoms with Gasteiger partial charge < -0.3 is 14.2 Å². The average Bonchev–Trinajstić information content (AvgIpc) is 2.26. The van der Waals surface area contributed by atoms with Crippen molar-refractivity contribution in [1.29, 1.82) is 0 Å². The van der Waals surface area contributed by atoms with Gasteiger partial charge in [-0.2, -0.15) is 18.1 Å². The van der Waals surface area contributed by atoms with Gasteiger partial charge in [0.25, 0.3) is 0 Å². The second-order valence-corrected chi connectivity index (χ2v) is 3.01. The van der Waals surface area contributed by atoms with Crippen LogP contribution >= 0.6 is 0 Å². The van der Waals surface area contributed by atoms with Crippen LogP contribution in [0.5, 0.6) is 0 Å². The molecular formula is C11H17O3-. The van der Waals surface area contributed by atoms with Gasteiger partial charge in [-0.15, -0.1) is 0 Å². The molecular weight excluding hydrogens is 180 g/mol. The predicted molar refractivity (Wildman–Crippen MR) is 54.5 cm³/mol. The molecule has 80 valence electrons. The summed E-state index contributed by atoms with van der Waals surface area (Å²) in [6.45, 7) is 1.98. The van der Waals surface area contributed by atoms with Gasteiger partial charge in [-0.25, -0.2) is 0 Å². The largest absolute Gasteiger partial charge is 0.550 e. The SMILES string of the molecule is C[CH-]C1=CCC(OC)C(OC)=C1OC. The molecule has 1 unspecified atom stereocenters. The number of rotatable bonds is 4. The fraction of sp³-hybridized carbons (Fsp3) is 0.545. The molecule has 14 heavy (non-hydrogen) atoms. The van der Waals surface area contributed by atoms with Gasteiger partial charge in [0.05, 0.1) is 26.1 Å². The highest BCUT2D eigenvalue weighted by Gasteiger charge is 2.19. The summed E-state index contributed by atoms with van der Waals surface area (Å²) in [4.78, 5) is 0. The van der Waals surface area contributed by atoms with E-state index in [-0.39, 0.29) is 6.10 Å². The maximum Gasteiger partial charge on any atom is 0.110 e.